The zero-order valence-corrected chi connectivity index (χ0v) is 15.2. The maximum absolute atomic E-state index is 12.2. The molecule has 134 valence electrons. The number of hydrogen-bond acceptors (Lipinski definition) is 4. The number of piperidine rings is 1. The maximum atomic E-state index is 12.2. The molecular weight excluding hydrogens is 312 g/mol. The molecule has 1 atom stereocenters. The third-order valence-corrected chi connectivity index (χ3v) is 5.02. The first-order valence-corrected chi connectivity index (χ1v) is 9.20. The number of hydrogen-bond donors (Lipinski definition) is 1. The van der Waals surface area contributed by atoms with Crippen LogP contribution in [0.3, 0.4) is 0 Å². The van der Waals surface area contributed by atoms with Gasteiger partial charge in [-0.2, -0.15) is 0 Å². The maximum Gasteiger partial charge on any atom is 0.293 e. The van der Waals surface area contributed by atoms with Crippen LogP contribution >= 0.6 is 0 Å². The SMILES string of the molecule is CC(CCc1ccccc1)NC1CCN(c2nccn(C)c2=O)CC1. The van der Waals surface area contributed by atoms with E-state index >= 15 is 0 Å². The Bertz CT molecular complexity index is 720. The summed E-state index contributed by atoms with van der Waals surface area (Å²) >= 11 is 0. The molecule has 0 aliphatic carbocycles. The minimum absolute atomic E-state index is 0.00913. The van der Waals surface area contributed by atoms with Gasteiger partial charge >= 0.3 is 0 Å². The summed E-state index contributed by atoms with van der Waals surface area (Å²) in [5.41, 5.74) is 1.39. The molecule has 5 heteroatoms. The van der Waals surface area contributed by atoms with Crippen LogP contribution in [-0.4, -0.2) is 34.7 Å². The predicted molar refractivity (Wildman–Crippen MR) is 102 cm³/mol. The van der Waals surface area contributed by atoms with Gasteiger partial charge in [0.15, 0.2) is 5.82 Å². The van der Waals surface area contributed by atoms with E-state index in [0.717, 1.165) is 38.8 Å². The molecule has 1 unspecified atom stereocenters. The van der Waals surface area contributed by atoms with Crippen molar-refractivity contribution in [1.82, 2.24) is 14.9 Å². The lowest BCUT2D eigenvalue weighted by atomic mass is 10.0. The average molecular weight is 340 g/mol. The van der Waals surface area contributed by atoms with E-state index < -0.39 is 0 Å². The molecule has 0 amide bonds. The summed E-state index contributed by atoms with van der Waals surface area (Å²) in [4.78, 5) is 18.6. The van der Waals surface area contributed by atoms with Crippen LogP contribution in [0.1, 0.15) is 31.7 Å². The normalized spacial score (nSPS) is 16.8. The third kappa shape index (κ3) is 4.69. The van der Waals surface area contributed by atoms with Crippen molar-refractivity contribution in [2.24, 2.45) is 7.05 Å². The number of aromatic nitrogens is 2. The van der Waals surface area contributed by atoms with Crippen LogP contribution in [0.15, 0.2) is 47.5 Å². The molecule has 1 aliphatic heterocycles. The Kier molecular flexibility index (Phi) is 5.87. The Balaban J connectivity index is 1.46. The molecule has 0 bridgehead atoms. The first kappa shape index (κ1) is 17.7. The minimum Gasteiger partial charge on any atom is -0.352 e. The highest BCUT2D eigenvalue weighted by atomic mass is 16.1. The third-order valence-electron chi connectivity index (χ3n) is 5.02. The first-order chi connectivity index (χ1) is 12.1. The second-order valence-corrected chi connectivity index (χ2v) is 7.02. The Morgan fingerprint density at radius 2 is 1.96 bits per heavy atom. The van der Waals surface area contributed by atoms with E-state index in [1.807, 2.05) is 0 Å². The molecule has 3 rings (SSSR count). The standard InChI is InChI=1S/C20H28N4O/c1-16(8-9-17-6-4-3-5-7-17)22-18-10-13-24(14-11-18)19-20(25)23(2)15-12-21-19/h3-7,12,15-16,18,22H,8-11,13-14H2,1-2H3. The van der Waals surface area contributed by atoms with Crippen molar-refractivity contribution in [2.75, 3.05) is 18.0 Å². The molecule has 1 N–H and O–H groups in total. The van der Waals surface area contributed by atoms with Crippen molar-refractivity contribution in [3.8, 4) is 0 Å². The first-order valence-electron chi connectivity index (χ1n) is 9.20. The van der Waals surface area contributed by atoms with Crippen molar-refractivity contribution in [2.45, 2.75) is 44.7 Å². The van der Waals surface area contributed by atoms with Crippen LogP contribution < -0.4 is 15.8 Å². The van der Waals surface area contributed by atoms with E-state index in [9.17, 15) is 4.79 Å². The Morgan fingerprint density at radius 1 is 1.24 bits per heavy atom. The molecule has 1 aromatic carbocycles. The van der Waals surface area contributed by atoms with E-state index in [1.54, 1.807) is 24.0 Å². The van der Waals surface area contributed by atoms with E-state index in [1.165, 1.54) is 5.56 Å². The molecule has 1 aliphatic rings. The summed E-state index contributed by atoms with van der Waals surface area (Å²) in [6.45, 7) is 4.04. The van der Waals surface area contributed by atoms with Crippen LogP contribution in [-0.2, 0) is 13.5 Å². The van der Waals surface area contributed by atoms with Crippen LogP contribution in [0.2, 0.25) is 0 Å². The van der Waals surface area contributed by atoms with Crippen LogP contribution in [0.4, 0.5) is 5.82 Å². The van der Waals surface area contributed by atoms with Gasteiger partial charge in [0.25, 0.3) is 5.56 Å². The molecule has 2 heterocycles. The van der Waals surface area contributed by atoms with Gasteiger partial charge < -0.3 is 14.8 Å². The minimum atomic E-state index is -0.00913. The second-order valence-electron chi connectivity index (χ2n) is 7.02. The fourth-order valence-electron chi connectivity index (χ4n) is 3.47. The zero-order valence-electron chi connectivity index (χ0n) is 15.2. The average Bonchev–Trinajstić information content (AvgIpc) is 2.64. The highest BCUT2D eigenvalue weighted by molar-refractivity contribution is 5.36. The number of rotatable bonds is 6. The lowest BCUT2D eigenvalue weighted by Gasteiger charge is -2.34. The van der Waals surface area contributed by atoms with E-state index in [2.05, 4.69) is 52.5 Å². The largest absolute Gasteiger partial charge is 0.352 e. The molecule has 1 saturated heterocycles. The quantitative estimate of drug-likeness (QED) is 0.877. The van der Waals surface area contributed by atoms with Crippen molar-refractivity contribution in [3.63, 3.8) is 0 Å². The Labute approximate surface area is 149 Å². The zero-order chi connectivity index (χ0) is 17.6. The molecule has 5 nitrogen and oxygen atoms in total. The summed E-state index contributed by atoms with van der Waals surface area (Å²) < 4.78 is 1.60. The highest BCUT2D eigenvalue weighted by Gasteiger charge is 2.22. The van der Waals surface area contributed by atoms with Gasteiger partial charge in [-0.05, 0) is 38.2 Å². The molecule has 2 aromatic rings. The second kappa shape index (κ2) is 8.30. The van der Waals surface area contributed by atoms with Gasteiger partial charge in [-0.1, -0.05) is 30.3 Å². The van der Waals surface area contributed by atoms with Gasteiger partial charge in [0.05, 0.1) is 0 Å². The Hall–Kier alpha value is -2.14. The van der Waals surface area contributed by atoms with Crippen molar-refractivity contribution < 1.29 is 0 Å². The molecule has 0 radical (unpaired) electrons. The van der Waals surface area contributed by atoms with Crippen LogP contribution in [0.5, 0.6) is 0 Å². The van der Waals surface area contributed by atoms with Crippen LogP contribution in [0.25, 0.3) is 0 Å². The van der Waals surface area contributed by atoms with Gasteiger partial charge in [0, 0.05) is 44.6 Å². The lowest BCUT2D eigenvalue weighted by Crippen LogP contribution is -2.47. The summed E-state index contributed by atoms with van der Waals surface area (Å²) in [5.74, 6) is 0.584. The Morgan fingerprint density at radius 3 is 2.68 bits per heavy atom. The summed E-state index contributed by atoms with van der Waals surface area (Å²) in [6, 6.07) is 11.7. The summed E-state index contributed by atoms with van der Waals surface area (Å²) in [6.07, 6.45) is 7.76. The van der Waals surface area contributed by atoms with Crippen molar-refractivity contribution >= 4 is 5.82 Å². The number of benzene rings is 1. The van der Waals surface area contributed by atoms with Crippen LogP contribution in [0, 0.1) is 0 Å². The van der Waals surface area contributed by atoms with Gasteiger partial charge in [-0.25, -0.2) is 4.98 Å². The monoisotopic (exact) mass is 340 g/mol. The van der Waals surface area contributed by atoms with Crippen molar-refractivity contribution in [1.29, 1.82) is 0 Å². The number of nitrogens with zero attached hydrogens (tertiary/aromatic N) is 3. The fourth-order valence-corrected chi connectivity index (χ4v) is 3.47. The highest BCUT2D eigenvalue weighted by Crippen LogP contribution is 2.16. The molecule has 1 aromatic heterocycles. The number of anilines is 1. The fraction of sp³-hybridized carbons (Fsp3) is 0.500. The summed E-state index contributed by atoms with van der Waals surface area (Å²) in [5, 5.41) is 3.76. The molecule has 1 fully saturated rings. The van der Waals surface area contributed by atoms with Gasteiger partial charge in [0.1, 0.15) is 0 Å². The number of nitrogens with one attached hydrogen (secondary N) is 1. The molecule has 25 heavy (non-hydrogen) atoms. The molecule has 0 spiro atoms. The molecular formula is C20H28N4O. The molecule has 0 saturated carbocycles. The predicted octanol–water partition coefficient (Wildman–Crippen LogP) is 2.36. The van der Waals surface area contributed by atoms with E-state index in [4.69, 9.17) is 0 Å². The summed E-state index contributed by atoms with van der Waals surface area (Å²) in [7, 11) is 1.77. The van der Waals surface area contributed by atoms with Gasteiger partial charge in [0.2, 0.25) is 0 Å². The van der Waals surface area contributed by atoms with Gasteiger partial charge in [-0.15, -0.1) is 0 Å². The lowest BCUT2D eigenvalue weighted by molar-refractivity contribution is 0.365. The smallest absolute Gasteiger partial charge is 0.293 e. The topological polar surface area (TPSA) is 50.2 Å². The van der Waals surface area contributed by atoms with E-state index in [-0.39, 0.29) is 5.56 Å². The van der Waals surface area contributed by atoms with E-state index in [0.29, 0.717) is 17.9 Å². The number of aryl methyl sites for hydroxylation is 2. The van der Waals surface area contributed by atoms with Gasteiger partial charge in [-0.3, -0.25) is 4.79 Å². The van der Waals surface area contributed by atoms with Crippen molar-refractivity contribution in [3.05, 3.63) is 58.6 Å².